The molecule has 1 aromatic rings. The quantitative estimate of drug-likeness (QED) is 0.0937. The largest absolute Gasteiger partial charge is 0.387 e. The third-order valence-electron chi connectivity index (χ3n) is 8.06. The van der Waals surface area contributed by atoms with Gasteiger partial charge in [-0.25, -0.2) is 4.39 Å². The van der Waals surface area contributed by atoms with Crippen LogP contribution in [0, 0.1) is 30.1 Å². The molecule has 1 aliphatic rings. The summed E-state index contributed by atoms with van der Waals surface area (Å²) in [4.78, 5) is 16.2. The van der Waals surface area contributed by atoms with Crippen molar-refractivity contribution in [2.45, 2.75) is 126 Å². The van der Waals surface area contributed by atoms with E-state index in [1.54, 1.807) is 30.8 Å². The summed E-state index contributed by atoms with van der Waals surface area (Å²) in [5.74, 6) is 4.00. The smallest absolute Gasteiger partial charge is 0.223 e. The lowest BCUT2D eigenvalue weighted by Crippen LogP contribution is -2.38. The molecule has 2 atom stereocenters. The highest BCUT2D eigenvalue weighted by molar-refractivity contribution is 5.76. The Morgan fingerprint density at radius 1 is 1.02 bits per heavy atom. The number of benzene rings is 1. The van der Waals surface area contributed by atoms with Crippen molar-refractivity contribution in [3.05, 3.63) is 60.4 Å². The molecule has 1 amide bonds. The summed E-state index contributed by atoms with van der Waals surface area (Å²) in [6.45, 7) is 24.5. The number of alkyl halides is 1. The average Bonchev–Trinajstić information content (AvgIpc) is 3.05. The summed E-state index contributed by atoms with van der Waals surface area (Å²) in [6.07, 6.45) is 16.7. The Labute approximate surface area is 292 Å². The molecule has 1 aliphatic carbocycles. The fraction of sp³-hybridized carbons (Fsp3) is 0.683. The third kappa shape index (κ3) is 26.9. The van der Waals surface area contributed by atoms with Crippen LogP contribution in [0.4, 0.5) is 4.39 Å². The van der Waals surface area contributed by atoms with Gasteiger partial charge in [-0.2, -0.15) is 0 Å². The molecule has 6 heteroatoms. The van der Waals surface area contributed by atoms with E-state index in [0.29, 0.717) is 19.5 Å². The first-order valence-electron chi connectivity index (χ1n) is 17.7. The number of halogens is 1. The Balaban J connectivity index is -0.00000126. The van der Waals surface area contributed by atoms with Crippen LogP contribution in [0.2, 0.25) is 0 Å². The van der Waals surface area contributed by atoms with E-state index in [1.807, 2.05) is 32.0 Å². The number of hydrogen-bond acceptors (Lipinski definition) is 4. The molecule has 0 radical (unpaired) electrons. The minimum absolute atomic E-state index is 0. The molecule has 0 aliphatic heterocycles. The molecule has 0 heterocycles. The van der Waals surface area contributed by atoms with E-state index < -0.39 is 6.80 Å². The van der Waals surface area contributed by atoms with Crippen LogP contribution in [0.25, 0.3) is 0 Å². The van der Waals surface area contributed by atoms with Gasteiger partial charge in [0.05, 0.1) is 6.04 Å². The second-order valence-corrected chi connectivity index (χ2v) is 12.9. The molecule has 1 aromatic carbocycles. The topological polar surface area (TPSA) is 47.6 Å². The number of allylic oxidation sites excluding steroid dienone is 1. The molecule has 272 valence electrons. The zero-order valence-corrected chi connectivity index (χ0v) is 31.3. The number of unbranched alkanes of at least 4 members (excludes halogenated alkanes) is 1. The van der Waals surface area contributed by atoms with Crippen LogP contribution < -0.4 is 10.6 Å². The molecule has 0 aromatic heterocycles. The zero-order chi connectivity index (χ0) is 35.3. The lowest BCUT2D eigenvalue weighted by molar-refractivity contribution is -0.130. The maximum atomic E-state index is 12.9. The van der Waals surface area contributed by atoms with E-state index in [1.165, 1.54) is 44.9 Å². The number of rotatable bonds is 18. The summed E-state index contributed by atoms with van der Waals surface area (Å²) in [5.41, 5.74) is 2.93. The molecule has 5 nitrogen and oxygen atoms in total. The normalized spacial score (nSPS) is 13.4. The molecule has 0 bridgehead atoms. The van der Waals surface area contributed by atoms with Gasteiger partial charge in [-0.1, -0.05) is 130 Å². The van der Waals surface area contributed by atoms with Crippen molar-refractivity contribution in [2.24, 2.45) is 17.8 Å². The van der Waals surface area contributed by atoms with Gasteiger partial charge in [0.25, 0.3) is 0 Å². The van der Waals surface area contributed by atoms with Crippen LogP contribution in [0.5, 0.6) is 0 Å². The summed E-state index contributed by atoms with van der Waals surface area (Å²) in [7, 11) is 3.48. The predicted molar refractivity (Wildman–Crippen MR) is 207 cm³/mol. The lowest BCUT2D eigenvalue weighted by Gasteiger charge is -2.28. The number of amides is 1. The number of carbonyl (C=O) groups excluding carboxylic acids is 1. The van der Waals surface area contributed by atoms with Gasteiger partial charge in [0.1, 0.15) is 6.80 Å². The standard InChI is InChI=1S/C28H47FN4O.C7H14.C3H4.C2H6.CH4/c1-22(2)13-11-12-16-30-23(3)24(4)31-25(5)27(19-26-14-9-8-10-15-26)20-28(34)33(7)18-17-32(6)21-29;1-7-5-3-2-4-6-7;1-3-2;1-2;/h8-10,14-15,22,24,27,30-31H,3,5,11-13,16-21H2,1-2,4,6-7H3;7H,2-6H2,1H3;1H,2H3;1-2H3;1H4/t24?,27-;;;;/m1..../s1. The maximum Gasteiger partial charge on any atom is 0.223 e. The van der Waals surface area contributed by atoms with E-state index in [-0.39, 0.29) is 25.3 Å². The number of nitrogens with one attached hydrogen (secondary N) is 2. The van der Waals surface area contributed by atoms with Crippen molar-refractivity contribution in [2.75, 3.05) is 40.5 Å². The summed E-state index contributed by atoms with van der Waals surface area (Å²) in [5, 5.41) is 6.91. The fourth-order valence-corrected chi connectivity index (χ4v) is 4.96. The molecule has 1 fully saturated rings. The molecule has 0 saturated heterocycles. The lowest BCUT2D eigenvalue weighted by atomic mass is 9.91. The van der Waals surface area contributed by atoms with Crippen molar-refractivity contribution in [1.82, 2.24) is 20.4 Å². The Morgan fingerprint density at radius 2 is 1.60 bits per heavy atom. The van der Waals surface area contributed by atoms with Gasteiger partial charge in [-0.05, 0) is 51.1 Å². The minimum atomic E-state index is -0.521. The van der Waals surface area contributed by atoms with Crippen LogP contribution in [0.1, 0.15) is 119 Å². The fourth-order valence-electron chi connectivity index (χ4n) is 4.96. The first-order chi connectivity index (χ1) is 21.9. The molecule has 1 saturated carbocycles. The van der Waals surface area contributed by atoms with Crippen molar-refractivity contribution >= 4 is 5.91 Å². The van der Waals surface area contributed by atoms with Crippen LogP contribution in [0.3, 0.4) is 0 Å². The molecule has 2 rings (SSSR count). The van der Waals surface area contributed by atoms with Crippen molar-refractivity contribution < 1.29 is 9.18 Å². The van der Waals surface area contributed by atoms with E-state index in [2.05, 4.69) is 76.0 Å². The van der Waals surface area contributed by atoms with E-state index in [9.17, 15) is 9.18 Å². The Morgan fingerprint density at radius 3 is 2.09 bits per heavy atom. The molecular formula is C41H75FN4O. The molecule has 0 spiro atoms. The second kappa shape index (κ2) is 31.8. The van der Waals surface area contributed by atoms with E-state index >= 15 is 0 Å². The summed E-state index contributed by atoms with van der Waals surface area (Å²) < 4.78 is 12.7. The zero-order valence-electron chi connectivity index (χ0n) is 31.3. The molecule has 2 N–H and O–H groups in total. The SMILES string of the molecule is C.C#CC.C=C(NCCCCC(C)C)C(C)NC(=C)[C@@H](CC(=O)N(C)CCN(C)CF)Cc1ccccc1.CC.CC1CCCCC1. The van der Waals surface area contributed by atoms with Gasteiger partial charge in [0.2, 0.25) is 5.91 Å². The van der Waals surface area contributed by atoms with Gasteiger partial charge < -0.3 is 15.5 Å². The molecule has 47 heavy (non-hydrogen) atoms. The van der Waals surface area contributed by atoms with Crippen LogP contribution in [0.15, 0.2) is 54.9 Å². The predicted octanol–water partition coefficient (Wildman–Crippen LogP) is 9.86. The van der Waals surface area contributed by atoms with Crippen molar-refractivity contribution in [3.8, 4) is 12.3 Å². The second-order valence-electron chi connectivity index (χ2n) is 12.9. The monoisotopic (exact) mass is 659 g/mol. The number of nitrogens with zero attached hydrogens (tertiary/aromatic N) is 2. The minimum Gasteiger partial charge on any atom is -0.387 e. The highest BCUT2D eigenvalue weighted by Crippen LogP contribution is 2.22. The summed E-state index contributed by atoms with van der Waals surface area (Å²) >= 11 is 0. The van der Waals surface area contributed by atoms with Gasteiger partial charge in [-0.3, -0.25) is 9.69 Å². The van der Waals surface area contributed by atoms with E-state index in [0.717, 1.165) is 48.2 Å². The molecular weight excluding hydrogens is 583 g/mol. The van der Waals surface area contributed by atoms with Gasteiger partial charge in [-0.15, -0.1) is 12.3 Å². The van der Waals surface area contributed by atoms with E-state index in [4.69, 9.17) is 0 Å². The maximum absolute atomic E-state index is 12.9. The van der Waals surface area contributed by atoms with Gasteiger partial charge in [0, 0.05) is 50.4 Å². The van der Waals surface area contributed by atoms with Crippen molar-refractivity contribution in [1.29, 1.82) is 0 Å². The summed E-state index contributed by atoms with van der Waals surface area (Å²) in [6, 6.07) is 10.2. The number of hydrogen-bond donors (Lipinski definition) is 2. The molecule has 1 unspecified atom stereocenters. The Kier molecular flexibility index (Phi) is 32.9. The number of carbonyl (C=O) groups is 1. The Bertz CT molecular complexity index is 937. The first-order valence-corrected chi connectivity index (χ1v) is 17.7. The van der Waals surface area contributed by atoms with Gasteiger partial charge in [0.15, 0.2) is 0 Å². The highest BCUT2D eigenvalue weighted by atomic mass is 19.1. The number of terminal acetylenes is 1. The average molecular weight is 659 g/mol. The Hall–Kier alpha value is -2.78. The number of likely N-dealkylation sites (N-methyl/N-ethyl adjacent to an activating group) is 2. The van der Waals surface area contributed by atoms with Crippen LogP contribution in [-0.2, 0) is 11.2 Å². The third-order valence-corrected chi connectivity index (χ3v) is 8.06. The van der Waals surface area contributed by atoms with Gasteiger partial charge >= 0.3 is 0 Å². The highest BCUT2D eigenvalue weighted by Gasteiger charge is 2.22. The van der Waals surface area contributed by atoms with Crippen LogP contribution in [-0.4, -0.2) is 62.3 Å². The first kappa shape index (κ1) is 48.6. The van der Waals surface area contributed by atoms with Crippen LogP contribution >= 0.6 is 0 Å². The van der Waals surface area contributed by atoms with Crippen molar-refractivity contribution in [3.63, 3.8) is 0 Å².